The highest BCUT2D eigenvalue weighted by molar-refractivity contribution is 7.07. The molecule has 3 aromatic rings. The Morgan fingerprint density at radius 1 is 1.30 bits per heavy atom. The number of ether oxygens (including phenoxy) is 1. The lowest BCUT2D eigenvalue weighted by Gasteiger charge is -2.36. The molecule has 3 heterocycles. The third-order valence-electron chi connectivity index (χ3n) is 4.28. The van der Waals surface area contributed by atoms with Gasteiger partial charge in [-0.3, -0.25) is 4.79 Å². The first kappa shape index (κ1) is 14.5. The summed E-state index contributed by atoms with van der Waals surface area (Å²) in [5, 5.41) is 5.20. The molecular weight excluding hydrogens is 308 g/mol. The minimum Gasteiger partial charge on any atom is -0.367 e. The molecule has 1 aliphatic rings. The Balaban J connectivity index is 1.64. The second-order valence-corrected chi connectivity index (χ2v) is 6.73. The number of nitrogens with zero attached hydrogens (tertiary/aromatic N) is 1. The molecule has 0 bridgehead atoms. The predicted molar refractivity (Wildman–Crippen MR) is 91.8 cm³/mol. The Bertz CT molecular complexity index is 825. The van der Waals surface area contributed by atoms with Crippen molar-refractivity contribution >= 4 is 28.1 Å². The summed E-state index contributed by atoms with van der Waals surface area (Å²) in [6, 6.07) is 9.90. The lowest BCUT2D eigenvalue weighted by Crippen LogP contribution is -2.45. The van der Waals surface area contributed by atoms with Crippen LogP contribution in [0, 0.1) is 0 Å². The number of hydrogen-bond acceptors (Lipinski definition) is 3. The van der Waals surface area contributed by atoms with E-state index in [1.54, 1.807) is 11.3 Å². The summed E-state index contributed by atoms with van der Waals surface area (Å²) in [5.41, 5.74) is 2.78. The van der Waals surface area contributed by atoms with Gasteiger partial charge < -0.3 is 14.6 Å². The van der Waals surface area contributed by atoms with Crippen LogP contribution in [0.25, 0.3) is 10.9 Å². The highest BCUT2D eigenvalue weighted by Crippen LogP contribution is 2.28. The van der Waals surface area contributed by atoms with Gasteiger partial charge in [-0.05, 0) is 41.4 Å². The molecule has 4 rings (SSSR count). The van der Waals surface area contributed by atoms with Crippen molar-refractivity contribution in [3.63, 3.8) is 0 Å². The van der Waals surface area contributed by atoms with Crippen molar-refractivity contribution in [2.75, 3.05) is 13.1 Å². The monoisotopic (exact) mass is 326 g/mol. The van der Waals surface area contributed by atoms with Gasteiger partial charge in [-0.25, -0.2) is 0 Å². The van der Waals surface area contributed by atoms with Crippen LogP contribution < -0.4 is 0 Å². The van der Waals surface area contributed by atoms with E-state index in [9.17, 15) is 4.79 Å². The fourth-order valence-corrected chi connectivity index (χ4v) is 3.89. The van der Waals surface area contributed by atoms with E-state index in [0.717, 1.165) is 22.0 Å². The summed E-state index contributed by atoms with van der Waals surface area (Å²) in [5.74, 6) is 0.0634. The molecule has 23 heavy (non-hydrogen) atoms. The maximum absolute atomic E-state index is 13.0. The second-order valence-electron chi connectivity index (χ2n) is 5.95. The third kappa shape index (κ3) is 2.66. The van der Waals surface area contributed by atoms with E-state index in [1.165, 1.54) is 0 Å². The summed E-state index contributed by atoms with van der Waals surface area (Å²) in [7, 11) is 0. The number of fused-ring (bicyclic) bond motifs is 1. The Morgan fingerprint density at radius 3 is 3.04 bits per heavy atom. The van der Waals surface area contributed by atoms with Gasteiger partial charge in [0.2, 0.25) is 0 Å². The first-order valence-corrected chi connectivity index (χ1v) is 8.69. The Morgan fingerprint density at radius 2 is 2.22 bits per heavy atom. The van der Waals surface area contributed by atoms with Crippen molar-refractivity contribution in [2.45, 2.75) is 19.1 Å². The second kappa shape index (κ2) is 5.83. The number of rotatable bonds is 2. The fraction of sp³-hybridized carbons (Fsp3) is 0.278. The van der Waals surface area contributed by atoms with Gasteiger partial charge in [0.05, 0.1) is 23.7 Å². The molecule has 0 spiro atoms. The van der Waals surface area contributed by atoms with Crippen LogP contribution in [0.1, 0.15) is 28.9 Å². The van der Waals surface area contributed by atoms with E-state index in [2.05, 4.69) is 16.4 Å². The van der Waals surface area contributed by atoms with E-state index < -0.39 is 0 Å². The van der Waals surface area contributed by atoms with Crippen LogP contribution in [0.3, 0.4) is 0 Å². The molecule has 0 unspecified atom stereocenters. The number of thiophene rings is 1. The number of H-pyrrole nitrogens is 1. The molecule has 1 saturated heterocycles. The van der Waals surface area contributed by atoms with Gasteiger partial charge in [0.25, 0.3) is 5.91 Å². The number of aromatic nitrogens is 1. The molecule has 1 fully saturated rings. The molecule has 1 aromatic carbocycles. The van der Waals surface area contributed by atoms with Crippen molar-refractivity contribution in [3.05, 3.63) is 58.4 Å². The fourth-order valence-electron chi connectivity index (χ4n) is 3.19. The van der Waals surface area contributed by atoms with Crippen molar-refractivity contribution < 1.29 is 9.53 Å². The first-order valence-electron chi connectivity index (χ1n) is 7.75. The molecular formula is C18H18N2O2S. The van der Waals surface area contributed by atoms with Crippen LogP contribution in [0.15, 0.2) is 47.3 Å². The van der Waals surface area contributed by atoms with Gasteiger partial charge in [-0.2, -0.15) is 11.3 Å². The lowest BCUT2D eigenvalue weighted by atomic mass is 10.1. The molecule has 4 nitrogen and oxygen atoms in total. The number of carbonyl (C=O) groups excluding carboxylic acids is 1. The molecule has 1 N–H and O–H groups in total. The number of carbonyl (C=O) groups is 1. The van der Waals surface area contributed by atoms with Gasteiger partial charge in [0.1, 0.15) is 6.10 Å². The maximum atomic E-state index is 13.0. The molecule has 5 heteroatoms. The van der Waals surface area contributed by atoms with Gasteiger partial charge in [0.15, 0.2) is 0 Å². The minimum absolute atomic E-state index is 0.0282. The summed E-state index contributed by atoms with van der Waals surface area (Å²) in [6.07, 6.45) is 1.86. The molecule has 2 aromatic heterocycles. The number of amides is 1. The average Bonchev–Trinajstić information content (AvgIpc) is 3.24. The van der Waals surface area contributed by atoms with Gasteiger partial charge in [0, 0.05) is 18.1 Å². The molecule has 118 valence electrons. The zero-order valence-corrected chi connectivity index (χ0v) is 13.7. The maximum Gasteiger partial charge on any atom is 0.256 e. The van der Waals surface area contributed by atoms with Crippen molar-refractivity contribution in [1.29, 1.82) is 0 Å². The van der Waals surface area contributed by atoms with Crippen molar-refractivity contribution in [3.8, 4) is 0 Å². The summed E-state index contributed by atoms with van der Waals surface area (Å²) in [6.45, 7) is 3.24. The van der Waals surface area contributed by atoms with Crippen molar-refractivity contribution in [1.82, 2.24) is 9.88 Å². The molecule has 0 saturated carbocycles. The molecule has 0 aliphatic carbocycles. The number of nitrogens with one attached hydrogen (secondary N) is 1. The van der Waals surface area contributed by atoms with Gasteiger partial charge >= 0.3 is 0 Å². The SMILES string of the molecule is C[C@H]1CN(C(=O)c2cccc3cc[nH]c23)C[C@@H](c2ccsc2)O1. The molecule has 0 radical (unpaired) electrons. The molecule has 1 amide bonds. The number of aromatic amines is 1. The van der Waals surface area contributed by atoms with Crippen LogP contribution in [-0.2, 0) is 4.74 Å². The lowest BCUT2D eigenvalue weighted by molar-refractivity contribution is -0.0689. The van der Waals surface area contributed by atoms with E-state index in [0.29, 0.717) is 13.1 Å². The predicted octanol–water partition coefficient (Wildman–Crippen LogP) is 3.83. The zero-order chi connectivity index (χ0) is 15.8. The van der Waals surface area contributed by atoms with Crippen LogP contribution >= 0.6 is 11.3 Å². The number of para-hydroxylation sites is 1. The highest BCUT2D eigenvalue weighted by Gasteiger charge is 2.30. The number of hydrogen-bond donors (Lipinski definition) is 1. The smallest absolute Gasteiger partial charge is 0.256 e. The number of morpholine rings is 1. The largest absolute Gasteiger partial charge is 0.367 e. The Hall–Kier alpha value is -2.11. The highest BCUT2D eigenvalue weighted by atomic mass is 32.1. The van der Waals surface area contributed by atoms with E-state index in [-0.39, 0.29) is 18.1 Å². The molecule has 1 aliphatic heterocycles. The number of benzene rings is 1. The summed E-state index contributed by atoms with van der Waals surface area (Å²) >= 11 is 1.66. The Kier molecular flexibility index (Phi) is 3.67. The summed E-state index contributed by atoms with van der Waals surface area (Å²) in [4.78, 5) is 18.1. The Labute approximate surface area is 138 Å². The normalized spacial score (nSPS) is 21.7. The van der Waals surface area contributed by atoms with Gasteiger partial charge in [-0.1, -0.05) is 12.1 Å². The van der Waals surface area contributed by atoms with Crippen LogP contribution in [-0.4, -0.2) is 35.0 Å². The quantitative estimate of drug-likeness (QED) is 0.778. The van der Waals surface area contributed by atoms with Crippen LogP contribution in [0.4, 0.5) is 0 Å². The van der Waals surface area contributed by atoms with E-state index in [1.807, 2.05) is 47.7 Å². The third-order valence-corrected chi connectivity index (χ3v) is 4.98. The van der Waals surface area contributed by atoms with E-state index in [4.69, 9.17) is 4.74 Å². The standard InChI is InChI=1S/C18H18N2O2S/c1-12-9-20(10-16(22-12)14-6-8-23-11-14)18(21)15-4-2-3-13-5-7-19-17(13)15/h2-8,11-12,16,19H,9-10H2,1H3/t12-,16-/m0/s1. The summed E-state index contributed by atoms with van der Waals surface area (Å²) < 4.78 is 6.02. The topological polar surface area (TPSA) is 45.3 Å². The van der Waals surface area contributed by atoms with Crippen molar-refractivity contribution in [2.24, 2.45) is 0 Å². The van der Waals surface area contributed by atoms with Gasteiger partial charge in [-0.15, -0.1) is 0 Å². The van der Waals surface area contributed by atoms with Crippen LogP contribution in [0.2, 0.25) is 0 Å². The average molecular weight is 326 g/mol. The first-order chi connectivity index (χ1) is 11.2. The molecule has 2 atom stereocenters. The van der Waals surface area contributed by atoms with E-state index >= 15 is 0 Å². The zero-order valence-electron chi connectivity index (χ0n) is 12.9. The van der Waals surface area contributed by atoms with Crippen LogP contribution in [0.5, 0.6) is 0 Å². The minimum atomic E-state index is -0.0446.